The van der Waals surface area contributed by atoms with Crippen LogP contribution in [0, 0.1) is 0 Å². The molecule has 0 spiro atoms. The molecule has 5 rings (SSSR count). The van der Waals surface area contributed by atoms with Crippen LogP contribution in [0.5, 0.6) is 0 Å². The van der Waals surface area contributed by atoms with Crippen molar-refractivity contribution in [1.29, 1.82) is 0 Å². The summed E-state index contributed by atoms with van der Waals surface area (Å²) in [6.07, 6.45) is 4.33. The van der Waals surface area contributed by atoms with E-state index in [0.29, 0.717) is 12.2 Å². The Bertz CT molecular complexity index is 1160. The van der Waals surface area contributed by atoms with Gasteiger partial charge >= 0.3 is 5.69 Å². The highest BCUT2D eigenvalue weighted by Crippen LogP contribution is 2.24. The van der Waals surface area contributed by atoms with Crippen LogP contribution in [0.25, 0.3) is 5.65 Å². The number of anilines is 1. The Hall–Kier alpha value is -3.41. The second-order valence-corrected chi connectivity index (χ2v) is 6.81. The molecule has 6 heteroatoms. The van der Waals surface area contributed by atoms with Crippen LogP contribution in [0.2, 0.25) is 0 Å². The summed E-state index contributed by atoms with van der Waals surface area (Å²) in [5, 5.41) is 4.60. The van der Waals surface area contributed by atoms with Gasteiger partial charge in [0.15, 0.2) is 5.82 Å². The van der Waals surface area contributed by atoms with Gasteiger partial charge in [-0.3, -0.25) is 0 Å². The van der Waals surface area contributed by atoms with Crippen LogP contribution in [-0.4, -0.2) is 25.7 Å². The normalized spacial score (nSPS) is 13.7. The number of hydrogen-bond acceptors (Lipinski definition) is 4. The van der Waals surface area contributed by atoms with Gasteiger partial charge in [0.25, 0.3) is 0 Å². The van der Waals surface area contributed by atoms with Crippen molar-refractivity contribution < 1.29 is 0 Å². The summed E-state index contributed by atoms with van der Waals surface area (Å²) in [5.41, 5.74) is 4.20. The van der Waals surface area contributed by atoms with Crippen molar-refractivity contribution in [3.63, 3.8) is 0 Å². The molecule has 0 saturated carbocycles. The minimum Gasteiger partial charge on any atom is -0.349 e. The van der Waals surface area contributed by atoms with Crippen LogP contribution in [0.15, 0.2) is 71.8 Å². The maximum Gasteiger partial charge on any atom is 0.350 e. The highest BCUT2D eigenvalue weighted by atomic mass is 16.2. The van der Waals surface area contributed by atoms with Gasteiger partial charge in [0.1, 0.15) is 0 Å². The molecule has 0 N–H and O–H groups in total. The Morgan fingerprint density at radius 1 is 0.963 bits per heavy atom. The Kier molecular flexibility index (Phi) is 3.74. The molecule has 27 heavy (non-hydrogen) atoms. The van der Waals surface area contributed by atoms with E-state index < -0.39 is 0 Å². The van der Waals surface area contributed by atoms with Crippen LogP contribution in [-0.2, 0) is 19.5 Å². The molecular formula is C21H19N5O. The van der Waals surface area contributed by atoms with E-state index in [2.05, 4.69) is 39.2 Å². The molecule has 0 unspecified atom stereocenters. The van der Waals surface area contributed by atoms with Gasteiger partial charge in [-0.1, -0.05) is 54.6 Å². The second kappa shape index (κ2) is 6.39. The lowest BCUT2D eigenvalue weighted by atomic mass is 10.00. The zero-order valence-electron chi connectivity index (χ0n) is 14.8. The highest BCUT2D eigenvalue weighted by Gasteiger charge is 2.21. The first kappa shape index (κ1) is 15.8. The van der Waals surface area contributed by atoms with E-state index in [4.69, 9.17) is 0 Å². The third-order valence-corrected chi connectivity index (χ3v) is 5.09. The minimum atomic E-state index is -0.144. The standard InChI is InChI=1S/C21H19N5O/c27-21-25-13-11-22-19(24-12-10-17-8-4-5-9-18(17)15-24)20(25)23-26(21)14-16-6-2-1-3-7-16/h1-9,11,13H,10,12,14-15H2. The number of benzene rings is 2. The molecule has 6 nitrogen and oxygen atoms in total. The zero-order chi connectivity index (χ0) is 18.2. The summed E-state index contributed by atoms with van der Waals surface area (Å²) in [5.74, 6) is 0.760. The topological polar surface area (TPSA) is 55.4 Å². The smallest absolute Gasteiger partial charge is 0.349 e. The third kappa shape index (κ3) is 2.79. The van der Waals surface area contributed by atoms with E-state index in [1.807, 2.05) is 30.3 Å². The lowest BCUT2D eigenvalue weighted by Crippen LogP contribution is -2.31. The van der Waals surface area contributed by atoms with E-state index in [0.717, 1.165) is 30.9 Å². The quantitative estimate of drug-likeness (QED) is 0.565. The van der Waals surface area contributed by atoms with Gasteiger partial charge in [0.2, 0.25) is 5.65 Å². The summed E-state index contributed by atoms with van der Waals surface area (Å²) < 4.78 is 3.10. The number of aromatic nitrogens is 4. The Morgan fingerprint density at radius 3 is 2.59 bits per heavy atom. The van der Waals surface area contributed by atoms with E-state index >= 15 is 0 Å². The summed E-state index contributed by atoms with van der Waals surface area (Å²) in [4.78, 5) is 19.5. The lowest BCUT2D eigenvalue weighted by molar-refractivity contribution is 0.658. The van der Waals surface area contributed by atoms with Crippen molar-refractivity contribution in [1.82, 2.24) is 19.2 Å². The van der Waals surface area contributed by atoms with E-state index in [1.165, 1.54) is 15.8 Å². The molecular weight excluding hydrogens is 338 g/mol. The van der Waals surface area contributed by atoms with Crippen molar-refractivity contribution in [2.24, 2.45) is 0 Å². The van der Waals surface area contributed by atoms with Gasteiger partial charge in [-0.15, -0.1) is 5.10 Å². The first-order chi connectivity index (χ1) is 13.3. The highest BCUT2D eigenvalue weighted by molar-refractivity contribution is 5.64. The molecule has 0 bridgehead atoms. The molecule has 0 aliphatic carbocycles. The number of hydrogen-bond donors (Lipinski definition) is 0. The first-order valence-electron chi connectivity index (χ1n) is 9.09. The summed E-state index contributed by atoms with van der Waals surface area (Å²) >= 11 is 0. The SMILES string of the molecule is O=c1n(Cc2ccccc2)nc2c(N3CCc4ccccc4C3)nccn12. The van der Waals surface area contributed by atoms with Crippen molar-refractivity contribution in [2.45, 2.75) is 19.5 Å². The van der Waals surface area contributed by atoms with E-state index in [-0.39, 0.29) is 5.69 Å². The van der Waals surface area contributed by atoms with Crippen LogP contribution >= 0.6 is 0 Å². The molecule has 134 valence electrons. The van der Waals surface area contributed by atoms with Gasteiger partial charge in [-0.2, -0.15) is 0 Å². The van der Waals surface area contributed by atoms with Crippen LogP contribution in [0.4, 0.5) is 5.82 Å². The van der Waals surface area contributed by atoms with Crippen molar-refractivity contribution >= 4 is 11.5 Å². The van der Waals surface area contributed by atoms with Gasteiger partial charge in [0.05, 0.1) is 6.54 Å². The van der Waals surface area contributed by atoms with Crippen LogP contribution < -0.4 is 10.6 Å². The Balaban J connectivity index is 1.54. The second-order valence-electron chi connectivity index (χ2n) is 6.81. The first-order valence-corrected chi connectivity index (χ1v) is 9.09. The number of rotatable bonds is 3. The molecule has 2 aromatic carbocycles. The monoisotopic (exact) mass is 357 g/mol. The predicted octanol–water partition coefficient (Wildman–Crippen LogP) is 2.50. The van der Waals surface area contributed by atoms with Gasteiger partial charge in [-0.05, 0) is 23.1 Å². The Labute approximate surface area is 156 Å². The molecule has 0 saturated heterocycles. The van der Waals surface area contributed by atoms with Gasteiger partial charge < -0.3 is 4.90 Å². The summed E-state index contributed by atoms with van der Waals surface area (Å²) in [6, 6.07) is 18.4. The fourth-order valence-corrected chi connectivity index (χ4v) is 3.69. The summed E-state index contributed by atoms with van der Waals surface area (Å²) in [7, 11) is 0. The van der Waals surface area contributed by atoms with Crippen LogP contribution in [0.1, 0.15) is 16.7 Å². The van der Waals surface area contributed by atoms with Crippen molar-refractivity contribution in [2.75, 3.05) is 11.4 Å². The largest absolute Gasteiger partial charge is 0.350 e. The zero-order valence-corrected chi connectivity index (χ0v) is 14.8. The van der Waals surface area contributed by atoms with Crippen molar-refractivity contribution in [3.05, 3.63) is 94.2 Å². The Morgan fingerprint density at radius 2 is 1.74 bits per heavy atom. The van der Waals surface area contributed by atoms with Gasteiger partial charge in [-0.25, -0.2) is 18.9 Å². The third-order valence-electron chi connectivity index (χ3n) is 5.09. The maximum absolute atomic E-state index is 12.8. The lowest BCUT2D eigenvalue weighted by Gasteiger charge is -2.29. The molecule has 2 aromatic heterocycles. The molecule has 0 atom stereocenters. The van der Waals surface area contributed by atoms with E-state index in [1.54, 1.807) is 16.8 Å². The van der Waals surface area contributed by atoms with Crippen molar-refractivity contribution in [3.8, 4) is 0 Å². The number of nitrogens with zero attached hydrogens (tertiary/aromatic N) is 5. The molecule has 1 aliphatic rings. The molecule has 0 amide bonds. The fraction of sp³-hybridized carbons (Fsp3) is 0.190. The average Bonchev–Trinajstić information content (AvgIpc) is 3.04. The maximum atomic E-state index is 12.8. The predicted molar refractivity (Wildman–Crippen MR) is 104 cm³/mol. The fourth-order valence-electron chi connectivity index (χ4n) is 3.69. The molecule has 3 heterocycles. The molecule has 4 aromatic rings. The van der Waals surface area contributed by atoms with Crippen LogP contribution in [0.3, 0.4) is 0 Å². The minimum absolute atomic E-state index is 0.144. The van der Waals surface area contributed by atoms with E-state index in [9.17, 15) is 4.79 Å². The molecule has 0 fully saturated rings. The number of fused-ring (bicyclic) bond motifs is 2. The summed E-state index contributed by atoms with van der Waals surface area (Å²) in [6.45, 7) is 2.09. The van der Waals surface area contributed by atoms with Gasteiger partial charge in [0, 0.05) is 25.5 Å². The average molecular weight is 357 g/mol. The molecule has 1 aliphatic heterocycles. The molecule has 0 radical (unpaired) electrons.